The number of aliphatic hydroxyl groups is 2. The van der Waals surface area contributed by atoms with Crippen molar-refractivity contribution in [2.45, 2.75) is 463 Å². The van der Waals surface area contributed by atoms with Crippen LogP contribution >= 0.6 is 0 Å². The van der Waals surface area contributed by atoms with E-state index >= 15 is 0 Å². The van der Waals surface area contributed by atoms with Gasteiger partial charge in [-0.1, -0.05) is 404 Å². The summed E-state index contributed by atoms with van der Waals surface area (Å²) in [6, 6.07) is -0.543. The second kappa shape index (κ2) is 75.8. The number of aliphatic hydroxyl groups excluding tert-OH is 2. The summed E-state index contributed by atoms with van der Waals surface area (Å²) in [5.41, 5.74) is 0. The van der Waals surface area contributed by atoms with Gasteiger partial charge in [-0.05, 0) is 57.8 Å². The number of amides is 1. The predicted octanol–water partition coefficient (Wildman–Crippen LogP) is 26.0. The molecule has 6 nitrogen and oxygen atoms in total. The monoisotopic (exact) mass is 1210 g/mol. The third-order valence-electron chi connectivity index (χ3n) is 18.8. The minimum atomic E-state index is -0.666. The molecule has 0 aromatic carbocycles. The van der Waals surface area contributed by atoms with E-state index in [0.29, 0.717) is 25.9 Å². The molecule has 0 radical (unpaired) electrons. The largest absolute Gasteiger partial charge is 0.466 e. The Kier molecular flexibility index (Phi) is 74.3. The number of rotatable bonds is 75. The third kappa shape index (κ3) is 71.4. The van der Waals surface area contributed by atoms with Gasteiger partial charge in [-0.2, -0.15) is 0 Å². The van der Waals surface area contributed by atoms with Crippen LogP contribution in [0.15, 0.2) is 24.3 Å². The summed E-state index contributed by atoms with van der Waals surface area (Å²) >= 11 is 0. The number of nitrogens with one attached hydrogen (secondary N) is 1. The average molecular weight is 1210 g/mol. The van der Waals surface area contributed by atoms with Crippen molar-refractivity contribution < 1.29 is 24.5 Å². The molecule has 2 atom stereocenters. The maximum absolute atomic E-state index is 12.6. The van der Waals surface area contributed by atoms with Gasteiger partial charge >= 0.3 is 5.97 Å². The number of unbranched alkanes of at least 4 members (excludes halogenated alkanes) is 60. The zero-order valence-corrected chi connectivity index (χ0v) is 58.6. The summed E-state index contributed by atoms with van der Waals surface area (Å²) in [5, 5.41) is 23.4. The fraction of sp³-hybridized carbons (Fsp3) is 0.925. The van der Waals surface area contributed by atoms with E-state index in [2.05, 4.69) is 43.5 Å². The van der Waals surface area contributed by atoms with Crippen LogP contribution in [0.3, 0.4) is 0 Å². The number of ether oxygens (including phenoxy) is 1. The molecule has 0 saturated heterocycles. The van der Waals surface area contributed by atoms with Crippen molar-refractivity contribution >= 4 is 11.9 Å². The molecule has 3 N–H and O–H groups in total. The highest BCUT2D eigenvalue weighted by Crippen LogP contribution is 2.20. The summed E-state index contributed by atoms with van der Waals surface area (Å²) in [7, 11) is 0. The van der Waals surface area contributed by atoms with Gasteiger partial charge in [-0.3, -0.25) is 9.59 Å². The molecule has 510 valence electrons. The Balaban J connectivity index is 3.38. The van der Waals surface area contributed by atoms with E-state index in [1.165, 1.54) is 372 Å². The molecular formula is C80H155NO5. The number of carbonyl (C=O) groups is 2. The van der Waals surface area contributed by atoms with Gasteiger partial charge in [0.2, 0.25) is 5.91 Å². The first-order valence-electron chi connectivity index (χ1n) is 39.6. The summed E-state index contributed by atoms with van der Waals surface area (Å²) in [6.07, 6.45) is 96.9. The highest BCUT2D eigenvalue weighted by Gasteiger charge is 2.20. The minimum Gasteiger partial charge on any atom is -0.466 e. The molecule has 0 rings (SSSR count). The fourth-order valence-electron chi connectivity index (χ4n) is 12.7. The van der Waals surface area contributed by atoms with Gasteiger partial charge < -0.3 is 20.3 Å². The second-order valence-corrected chi connectivity index (χ2v) is 27.4. The molecule has 0 aromatic heterocycles. The molecule has 0 bridgehead atoms. The van der Waals surface area contributed by atoms with Crippen LogP contribution in [0.1, 0.15) is 450 Å². The van der Waals surface area contributed by atoms with Crippen molar-refractivity contribution in [3.8, 4) is 0 Å². The van der Waals surface area contributed by atoms with Crippen molar-refractivity contribution in [3.63, 3.8) is 0 Å². The summed E-state index contributed by atoms with van der Waals surface area (Å²) in [4.78, 5) is 24.7. The zero-order valence-electron chi connectivity index (χ0n) is 58.6. The second-order valence-electron chi connectivity index (χ2n) is 27.4. The molecular weight excluding hydrogens is 1050 g/mol. The smallest absolute Gasteiger partial charge is 0.305 e. The van der Waals surface area contributed by atoms with E-state index in [1.807, 2.05) is 0 Å². The highest BCUT2D eigenvalue weighted by atomic mass is 16.5. The van der Waals surface area contributed by atoms with Crippen molar-refractivity contribution in [2.75, 3.05) is 13.2 Å². The maximum Gasteiger partial charge on any atom is 0.305 e. The lowest BCUT2D eigenvalue weighted by molar-refractivity contribution is -0.143. The van der Waals surface area contributed by atoms with Crippen LogP contribution in [0.2, 0.25) is 0 Å². The van der Waals surface area contributed by atoms with Gasteiger partial charge in [0.05, 0.1) is 25.4 Å². The lowest BCUT2D eigenvalue weighted by atomic mass is 10.0. The molecule has 0 aliphatic heterocycles. The molecule has 0 spiro atoms. The molecule has 6 heteroatoms. The first-order valence-corrected chi connectivity index (χ1v) is 39.6. The molecule has 0 fully saturated rings. The highest BCUT2D eigenvalue weighted by molar-refractivity contribution is 5.76. The summed E-state index contributed by atoms with van der Waals surface area (Å²) in [6.45, 7) is 5.01. The summed E-state index contributed by atoms with van der Waals surface area (Å²) in [5.74, 6) is -0.0129. The van der Waals surface area contributed by atoms with Crippen LogP contribution in [0.4, 0.5) is 0 Å². The Morgan fingerprint density at radius 1 is 0.326 bits per heavy atom. The molecule has 0 heterocycles. The fourth-order valence-corrected chi connectivity index (χ4v) is 12.7. The predicted molar refractivity (Wildman–Crippen MR) is 380 cm³/mol. The molecule has 0 saturated carbocycles. The number of hydrogen-bond acceptors (Lipinski definition) is 5. The number of allylic oxidation sites excluding steroid dienone is 4. The van der Waals surface area contributed by atoms with Crippen LogP contribution < -0.4 is 5.32 Å². The van der Waals surface area contributed by atoms with Gasteiger partial charge in [-0.25, -0.2) is 0 Å². The van der Waals surface area contributed by atoms with Crippen molar-refractivity contribution in [3.05, 3.63) is 24.3 Å². The Bertz CT molecular complexity index is 1350. The number of hydrogen-bond donors (Lipinski definition) is 3. The van der Waals surface area contributed by atoms with E-state index in [4.69, 9.17) is 4.74 Å². The van der Waals surface area contributed by atoms with Gasteiger partial charge in [0.1, 0.15) is 0 Å². The standard InChI is InChI=1S/C80H155NO5/c1-3-5-7-9-11-13-15-17-19-21-23-33-37-40-44-48-52-56-60-64-68-72-78(83)77(76-82)81-79(84)73-69-65-61-57-53-49-45-41-38-34-31-29-27-25-24-26-28-30-32-35-39-43-47-51-55-59-63-67-71-75-86-80(85)74-70-66-62-58-54-50-46-42-36-22-20-18-16-14-12-10-8-6-4-2/h24,26,30,32,77-78,82-83H,3-23,25,27-29,31,33-76H2,1-2H3,(H,81,84)/b26-24-,32-30-. The first kappa shape index (κ1) is 84.3. The Morgan fingerprint density at radius 3 is 0.884 bits per heavy atom. The maximum atomic E-state index is 12.6. The Labute approximate surface area is 539 Å². The van der Waals surface area contributed by atoms with Crippen LogP contribution in [0.25, 0.3) is 0 Å². The van der Waals surface area contributed by atoms with Crippen LogP contribution in [-0.4, -0.2) is 47.4 Å². The van der Waals surface area contributed by atoms with Gasteiger partial charge in [0.15, 0.2) is 0 Å². The normalized spacial score (nSPS) is 12.6. The summed E-state index contributed by atoms with van der Waals surface area (Å²) < 4.78 is 5.51. The average Bonchev–Trinajstić information content (AvgIpc) is 3.54. The van der Waals surface area contributed by atoms with Crippen molar-refractivity contribution in [2.24, 2.45) is 0 Å². The molecule has 0 aliphatic rings. The Hall–Kier alpha value is -1.66. The first-order chi connectivity index (χ1) is 42.5. The van der Waals surface area contributed by atoms with E-state index in [0.717, 1.165) is 44.9 Å². The molecule has 86 heavy (non-hydrogen) atoms. The van der Waals surface area contributed by atoms with Crippen LogP contribution in [0, 0.1) is 0 Å². The quantitative estimate of drug-likeness (QED) is 0.0320. The number of esters is 1. The van der Waals surface area contributed by atoms with Crippen LogP contribution in [-0.2, 0) is 14.3 Å². The van der Waals surface area contributed by atoms with Gasteiger partial charge in [0, 0.05) is 12.8 Å². The Morgan fingerprint density at radius 2 is 0.581 bits per heavy atom. The molecule has 1 amide bonds. The minimum absolute atomic E-state index is 0.0180. The van der Waals surface area contributed by atoms with Crippen molar-refractivity contribution in [1.82, 2.24) is 5.32 Å². The SMILES string of the molecule is CCCCCCCCCCCCCCCCCCCCCCCC(O)C(CO)NC(=O)CCCCCCCCCCCCCCC/C=C\C/C=C\CCCCCCCCCCCOC(=O)CCCCCCCCCCCCCCCCCCCCC. The third-order valence-corrected chi connectivity index (χ3v) is 18.8. The van der Waals surface area contributed by atoms with E-state index in [9.17, 15) is 19.8 Å². The van der Waals surface area contributed by atoms with Gasteiger partial charge in [-0.15, -0.1) is 0 Å². The molecule has 0 aromatic rings. The lowest BCUT2D eigenvalue weighted by Gasteiger charge is -2.22. The number of carbonyl (C=O) groups excluding carboxylic acids is 2. The van der Waals surface area contributed by atoms with E-state index in [1.54, 1.807) is 0 Å². The zero-order chi connectivity index (χ0) is 62.0. The lowest BCUT2D eigenvalue weighted by Crippen LogP contribution is -2.45. The van der Waals surface area contributed by atoms with Crippen LogP contribution in [0.5, 0.6) is 0 Å². The van der Waals surface area contributed by atoms with E-state index < -0.39 is 12.1 Å². The van der Waals surface area contributed by atoms with Gasteiger partial charge in [0.25, 0.3) is 0 Å². The van der Waals surface area contributed by atoms with E-state index in [-0.39, 0.29) is 18.5 Å². The topological polar surface area (TPSA) is 95.9 Å². The van der Waals surface area contributed by atoms with Crippen molar-refractivity contribution in [1.29, 1.82) is 0 Å². The molecule has 0 aliphatic carbocycles. The molecule has 2 unspecified atom stereocenters.